The molecule has 2 N–H and O–H groups in total. The van der Waals surface area contributed by atoms with E-state index in [1.165, 1.54) is 9.75 Å². The Kier molecular flexibility index (Phi) is 8.99. The lowest BCUT2D eigenvalue weighted by Gasteiger charge is -2.34. The first-order valence-electron chi connectivity index (χ1n) is 10.7. The van der Waals surface area contributed by atoms with Gasteiger partial charge in [-0.2, -0.15) is 0 Å². The largest absolute Gasteiger partial charge is 0.493 e. The molecule has 2 unspecified atom stereocenters. The van der Waals surface area contributed by atoms with Crippen molar-refractivity contribution in [2.75, 3.05) is 53.6 Å². The summed E-state index contributed by atoms with van der Waals surface area (Å²) in [5.74, 6) is 2.24. The number of nitrogens with one attached hydrogen (secondary N) is 2. The molecule has 2 atom stereocenters. The fraction of sp³-hybridized carbons (Fsp3) is 0.522. The monoisotopic (exact) mass is 446 g/mol. The van der Waals surface area contributed by atoms with Gasteiger partial charge in [0.2, 0.25) is 0 Å². The summed E-state index contributed by atoms with van der Waals surface area (Å²) in [4.78, 5) is 9.58. The lowest BCUT2D eigenvalue weighted by Crippen LogP contribution is -2.47. The third kappa shape index (κ3) is 6.85. The van der Waals surface area contributed by atoms with Crippen molar-refractivity contribution in [2.24, 2.45) is 4.99 Å². The number of ether oxygens (including phenoxy) is 3. The van der Waals surface area contributed by atoms with Gasteiger partial charge in [-0.15, -0.1) is 11.3 Å². The number of thiophene rings is 1. The highest BCUT2D eigenvalue weighted by Crippen LogP contribution is 2.28. The van der Waals surface area contributed by atoms with Crippen LogP contribution in [0.3, 0.4) is 0 Å². The molecule has 2 heterocycles. The number of hydrogen-bond donors (Lipinski definition) is 2. The van der Waals surface area contributed by atoms with Gasteiger partial charge in [0.15, 0.2) is 17.5 Å². The first kappa shape index (κ1) is 23.4. The molecule has 7 nitrogen and oxygen atoms in total. The smallest absolute Gasteiger partial charge is 0.191 e. The van der Waals surface area contributed by atoms with Crippen LogP contribution in [-0.2, 0) is 4.74 Å². The summed E-state index contributed by atoms with van der Waals surface area (Å²) in [6, 6.07) is 12.4. The average molecular weight is 447 g/mol. The summed E-state index contributed by atoms with van der Waals surface area (Å²) in [6.45, 7) is 9.04. The first-order valence-corrected chi connectivity index (χ1v) is 11.5. The van der Waals surface area contributed by atoms with Crippen LogP contribution >= 0.6 is 11.3 Å². The number of benzene rings is 1. The highest BCUT2D eigenvalue weighted by molar-refractivity contribution is 7.12. The van der Waals surface area contributed by atoms with Crippen molar-refractivity contribution < 1.29 is 14.2 Å². The zero-order valence-corrected chi connectivity index (χ0v) is 19.7. The number of hydrogen-bond acceptors (Lipinski definition) is 6. The Morgan fingerprint density at radius 3 is 2.48 bits per heavy atom. The molecule has 0 bridgehead atoms. The average Bonchev–Trinajstić information content (AvgIpc) is 3.23. The standard InChI is InChI=1S/C23H34N4O3S/c1-17(30-21-8-6-5-7-20(21)28-4)15-25-23(24-3)26-16-19(22-10-9-18(2)31-22)27-11-13-29-14-12-27/h5-10,17,19H,11-16H2,1-4H3,(H2,24,25,26). The summed E-state index contributed by atoms with van der Waals surface area (Å²) < 4.78 is 16.9. The number of morpholine rings is 1. The summed E-state index contributed by atoms with van der Waals surface area (Å²) >= 11 is 1.86. The fourth-order valence-electron chi connectivity index (χ4n) is 3.56. The second-order valence-corrected chi connectivity index (χ2v) is 8.85. The van der Waals surface area contributed by atoms with Gasteiger partial charge < -0.3 is 24.8 Å². The minimum atomic E-state index is -0.0511. The van der Waals surface area contributed by atoms with E-state index in [1.807, 2.05) is 42.5 Å². The van der Waals surface area contributed by atoms with Crippen LogP contribution in [0.15, 0.2) is 41.4 Å². The molecule has 0 saturated carbocycles. The van der Waals surface area contributed by atoms with E-state index < -0.39 is 0 Å². The quantitative estimate of drug-likeness (QED) is 0.456. The van der Waals surface area contributed by atoms with Crippen LogP contribution in [0.2, 0.25) is 0 Å². The molecule has 2 aromatic rings. The number of rotatable bonds is 9. The SMILES string of the molecule is CN=C(NCC(C)Oc1ccccc1OC)NCC(c1ccc(C)s1)N1CCOCC1. The molecule has 0 radical (unpaired) electrons. The molecule has 1 fully saturated rings. The molecule has 0 amide bonds. The molecule has 1 aromatic heterocycles. The van der Waals surface area contributed by atoms with Gasteiger partial charge in [0, 0.05) is 36.4 Å². The lowest BCUT2D eigenvalue weighted by atomic mass is 10.2. The molecule has 170 valence electrons. The summed E-state index contributed by atoms with van der Waals surface area (Å²) in [5.41, 5.74) is 0. The van der Waals surface area contributed by atoms with E-state index in [0.29, 0.717) is 12.6 Å². The van der Waals surface area contributed by atoms with Gasteiger partial charge in [0.1, 0.15) is 6.10 Å². The van der Waals surface area contributed by atoms with Crippen molar-refractivity contribution in [1.29, 1.82) is 0 Å². The topological polar surface area (TPSA) is 67.4 Å². The van der Waals surface area contributed by atoms with Crippen LogP contribution in [0.1, 0.15) is 22.7 Å². The maximum Gasteiger partial charge on any atom is 0.191 e. The minimum Gasteiger partial charge on any atom is -0.493 e. The highest BCUT2D eigenvalue weighted by Gasteiger charge is 2.24. The molecule has 3 rings (SSSR count). The Labute approximate surface area is 189 Å². The van der Waals surface area contributed by atoms with E-state index in [-0.39, 0.29) is 6.10 Å². The molecular weight excluding hydrogens is 412 g/mol. The molecule has 1 aromatic carbocycles. The van der Waals surface area contributed by atoms with Crippen LogP contribution in [0.5, 0.6) is 11.5 Å². The van der Waals surface area contributed by atoms with Crippen molar-refractivity contribution in [2.45, 2.75) is 26.0 Å². The van der Waals surface area contributed by atoms with E-state index in [9.17, 15) is 0 Å². The van der Waals surface area contributed by atoms with Crippen molar-refractivity contribution in [1.82, 2.24) is 15.5 Å². The minimum absolute atomic E-state index is 0.0511. The van der Waals surface area contributed by atoms with Gasteiger partial charge >= 0.3 is 0 Å². The molecule has 31 heavy (non-hydrogen) atoms. The summed E-state index contributed by atoms with van der Waals surface area (Å²) in [5, 5.41) is 6.87. The van der Waals surface area contributed by atoms with Gasteiger partial charge in [-0.1, -0.05) is 12.1 Å². The molecular formula is C23H34N4O3S. The number of guanidine groups is 1. The molecule has 0 aliphatic carbocycles. The lowest BCUT2D eigenvalue weighted by molar-refractivity contribution is 0.0177. The van der Waals surface area contributed by atoms with Crippen molar-refractivity contribution in [3.8, 4) is 11.5 Å². The van der Waals surface area contributed by atoms with Gasteiger partial charge in [0.25, 0.3) is 0 Å². The van der Waals surface area contributed by atoms with Gasteiger partial charge in [-0.05, 0) is 38.1 Å². The van der Waals surface area contributed by atoms with Crippen LogP contribution in [0.4, 0.5) is 0 Å². The Balaban J connectivity index is 1.54. The van der Waals surface area contributed by atoms with Crippen LogP contribution in [0, 0.1) is 6.92 Å². The number of para-hydroxylation sites is 2. The predicted octanol–water partition coefficient (Wildman–Crippen LogP) is 3.07. The zero-order valence-electron chi connectivity index (χ0n) is 18.9. The fourth-order valence-corrected chi connectivity index (χ4v) is 4.57. The first-order chi connectivity index (χ1) is 15.1. The molecule has 1 saturated heterocycles. The van der Waals surface area contributed by atoms with Gasteiger partial charge in [0.05, 0.1) is 32.9 Å². The van der Waals surface area contributed by atoms with Crippen molar-refractivity contribution >= 4 is 17.3 Å². The number of nitrogens with zero attached hydrogens (tertiary/aromatic N) is 2. The molecule has 0 spiro atoms. The van der Waals surface area contributed by atoms with Gasteiger partial charge in [-0.3, -0.25) is 9.89 Å². The van der Waals surface area contributed by atoms with E-state index >= 15 is 0 Å². The third-order valence-electron chi connectivity index (χ3n) is 5.22. The van der Waals surface area contributed by atoms with E-state index in [4.69, 9.17) is 14.2 Å². The number of aliphatic imine (C=N–C) groups is 1. The Bertz CT molecular complexity index is 836. The summed E-state index contributed by atoms with van der Waals surface area (Å²) in [6.07, 6.45) is -0.0511. The second kappa shape index (κ2) is 11.9. The van der Waals surface area contributed by atoms with Gasteiger partial charge in [-0.25, -0.2) is 0 Å². The summed E-state index contributed by atoms with van der Waals surface area (Å²) in [7, 11) is 3.44. The van der Waals surface area contributed by atoms with Crippen molar-refractivity contribution in [3.05, 3.63) is 46.2 Å². The van der Waals surface area contributed by atoms with Crippen LogP contribution < -0.4 is 20.1 Å². The maximum absolute atomic E-state index is 6.03. The molecule has 1 aliphatic rings. The number of aryl methyl sites for hydroxylation is 1. The van der Waals surface area contributed by atoms with E-state index in [0.717, 1.165) is 50.3 Å². The van der Waals surface area contributed by atoms with E-state index in [1.54, 1.807) is 14.2 Å². The Morgan fingerprint density at radius 2 is 1.84 bits per heavy atom. The third-order valence-corrected chi connectivity index (χ3v) is 6.32. The van der Waals surface area contributed by atoms with Crippen LogP contribution in [-0.4, -0.2) is 70.5 Å². The Hall–Kier alpha value is -2.29. The van der Waals surface area contributed by atoms with Crippen LogP contribution in [0.25, 0.3) is 0 Å². The molecule has 1 aliphatic heterocycles. The van der Waals surface area contributed by atoms with E-state index in [2.05, 4.69) is 39.6 Å². The second-order valence-electron chi connectivity index (χ2n) is 7.53. The maximum atomic E-state index is 6.03. The normalized spacial score (nSPS) is 17.1. The zero-order chi connectivity index (χ0) is 22.1. The molecule has 8 heteroatoms. The van der Waals surface area contributed by atoms with Crippen molar-refractivity contribution in [3.63, 3.8) is 0 Å². The predicted molar refractivity (Wildman–Crippen MR) is 127 cm³/mol. The number of methoxy groups -OCH3 is 1. The Morgan fingerprint density at radius 1 is 1.13 bits per heavy atom. The highest BCUT2D eigenvalue weighted by atomic mass is 32.1.